The van der Waals surface area contributed by atoms with Gasteiger partial charge in [0.15, 0.2) is 0 Å². The predicted molar refractivity (Wildman–Crippen MR) is 84.7 cm³/mol. The number of hydrogen-bond acceptors (Lipinski definition) is 4. The smallest absolute Gasteiger partial charge is 0.420 e. The number of rotatable bonds is 3. The Morgan fingerprint density at radius 3 is 2.64 bits per heavy atom. The SMILES string of the molecule is Cc1ncc(CC=Cc2cnc(C)n2C(=O)OC(C)(C)C)[nH]1. The van der Waals surface area contributed by atoms with Crippen molar-refractivity contribution in [2.24, 2.45) is 0 Å². The van der Waals surface area contributed by atoms with E-state index in [1.54, 1.807) is 19.3 Å². The molecule has 0 aliphatic carbocycles. The Morgan fingerprint density at radius 2 is 2.05 bits per heavy atom. The summed E-state index contributed by atoms with van der Waals surface area (Å²) in [6.45, 7) is 9.21. The van der Waals surface area contributed by atoms with Crippen molar-refractivity contribution in [1.82, 2.24) is 19.5 Å². The summed E-state index contributed by atoms with van der Waals surface area (Å²) in [5, 5.41) is 0. The summed E-state index contributed by atoms with van der Waals surface area (Å²) in [7, 11) is 0. The average Bonchev–Trinajstić information content (AvgIpc) is 2.94. The van der Waals surface area contributed by atoms with Gasteiger partial charge in [0.2, 0.25) is 0 Å². The molecule has 0 aliphatic rings. The van der Waals surface area contributed by atoms with E-state index in [4.69, 9.17) is 4.74 Å². The molecule has 0 saturated heterocycles. The number of allylic oxidation sites excluding steroid dienone is 1. The van der Waals surface area contributed by atoms with E-state index < -0.39 is 11.7 Å². The zero-order valence-electron chi connectivity index (χ0n) is 13.7. The Morgan fingerprint density at radius 1 is 1.32 bits per heavy atom. The summed E-state index contributed by atoms with van der Waals surface area (Å²) in [6, 6.07) is 0. The molecule has 0 atom stereocenters. The molecule has 22 heavy (non-hydrogen) atoms. The summed E-state index contributed by atoms with van der Waals surface area (Å²) in [5.74, 6) is 1.49. The lowest BCUT2D eigenvalue weighted by atomic mass is 10.2. The fourth-order valence-electron chi connectivity index (χ4n) is 2.01. The van der Waals surface area contributed by atoms with E-state index in [-0.39, 0.29) is 0 Å². The first-order chi connectivity index (χ1) is 10.3. The zero-order chi connectivity index (χ0) is 16.3. The predicted octanol–water partition coefficient (Wildman–Crippen LogP) is 3.26. The van der Waals surface area contributed by atoms with E-state index in [0.717, 1.165) is 11.5 Å². The molecule has 2 aromatic rings. The Balaban J connectivity index is 2.13. The van der Waals surface area contributed by atoms with E-state index in [9.17, 15) is 4.79 Å². The number of aromatic nitrogens is 4. The van der Waals surface area contributed by atoms with Crippen LogP contribution in [0.2, 0.25) is 0 Å². The zero-order valence-corrected chi connectivity index (χ0v) is 13.7. The van der Waals surface area contributed by atoms with Gasteiger partial charge in [-0.3, -0.25) is 0 Å². The molecular formula is C16H22N4O2. The number of H-pyrrole nitrogens is 1. The molecule has 0 fully saturated rings. The third-order valence-corrected chi connectivity index (χ3v) is 2.92. The van der Waals surface area contributed by atoms with Gasteiger partial charge in [-0.05, 0) is 40.7 Å². The van der Waals surface area contributed by atoms with E-state index in [1.807, 2.05) is 39.8 Å². The Labute approximate surface area is 130 Å². The van der Waals surface area contributed by atoms with Crippen LogP contribution in [0.4, 0.5) is 4.79 Å². The van der Waals surface area contributed by atoms with Crippen LogP contribution in [0.25, 0.3) is 6.08 Å². The molecule has 118 valence electrons. The lowest BCUT2D eigenvalue weighted by molar-refractivity contribution is 0.0532. The minimum Gasteiger partial charge on any atom is -0.443 e. The van der Waals surface area contributed by atoms with Gasteiger partial charge >= 0.3 is 6.09 Å². The van der Waals surface area contributed by atoms with E-state index in [2.05, 4.69) is 15.0 Å². The Hall–Kier alpha value is -2.37. The minimum atomic E-state index is -0.539. The number of aromatic amines is 1. The van der Waals surface area contributed by atoms with Gasteiger partial charge in [-0.1, -0.05) is 6.08 Å². The quantitative estimate of drug-likeness (QED) is 0.944. The summed E-state index contributed by atoms with van der Waals surface area (Å²) in [5.41, 5.74) is 1.18. The van der Waals surface area contributed by atoms with Gasteiger partial charge in [-0.15, -0.1) is 0 Å². The highest BCUT2D eigenvalue weighted by Crippen LogP contribution is 2.14. The van der Waals surface area contributed by atoms with Gasteiger partial charge in [0.05, 0.1) is 11.9 Å². The van der Waals surface area contributed by atoms with E-state index in [1.165, 1.54) is 4.57 Å². The van der Waals surface area contributed by atoms with Crippen molar-refractivity contribution < 1.29 is 9.53 Å². The molecule has 0 bridgehead atoms. The van der Waals surface area contributed by atoms with Crippen LogP contribution in [-0.2, 0) is 11.2 Å². The van der Waals surface area contributed by atoms with Crippen LogP contribution in [0.1, 0.15) is 43.8 Å². The molecule has 0 amide bonds. The van der Waals surface area contributed by atoms with Crippen molar-refractivity contribution in [3.8, 4) is 0 Å². The maximum atomic E-state index is 12.3. The molecule has 2 aromatic heterocycles. The third-order valence-electron chi connectivity index (χ3n) is 2.92. The second kappa shape index (κ2) is 6.17. The first kappa shape index (κ1) is 16.0. The number of nitrogens with zero attached hydrogens (tertiary/aromatic N) is 3. The number of carbonyl (C=O) groups is 1. The second-order valence-corrected chi connectivity index (χ2v) is 6.15. The molecule has 0 radical (unpaired) electrons. The number of carbonyl (C=O) groups excluding carboxylic acids is 1. The molecule has 2 rings (SSSR count). The van der Waals surface area contributed by atoms with Gasteiger partial charge < -0.3 is 9.72 Å². The van der Waals surface area contributed by atoms with Crippen LogP contribution in [-0.4, -0.2) is 31.2 Å². The highest BCUT2D eigenvalue weighted by atomic mass is 16.6. The largest absolute Gasteiger partial charge is 0.443 e. The van der Waals surface area contributed by atoms with E-state index in [0.29, 0.717) is 17.9 Å². The fourth-order valence-corrected chi connectivity index (χ4v) is 2.01. The van der Waals surface area contributed by atoms with Crippen LogP contribution in [0.3, 0.4) is 0 Å². The highest BCUT2D eigenvalue weighted by Gasteiger charge is 2.20. The molecule has 2 heterocycles. The van der Waals surface area contributed by atoms with Crippen LogP contribution in [0, 0.1) is 13.8 Å². The van der Waals surface area contributed by atoms with Crippen LogP contribution >= 0.6 is 0 Å². The van der Waals surface area contributed by atoms with Crippen molar-refractivity contribution in [2.45, 2.75) is 46.6 Å². The highest BCUT2D eigenvalue weighted by molar-refractivity contribution is 5.75. The number of hydrogen-bond donors (Lipinski definition) is 1. The Kier molecular flexibility index (Phi) is 4.49. The maximum absolute atomic E-state index is 12.3. The standard InChI is InChI=1S/C16H22N4O2/c1-11-17-9-13(19-11)7-6-8-14-10-18-12(2)20(14)15(21)22-16(3,4)5/h6,8-10H,7H2,1-5H3,(H,17,19). The number of aryl methyl sites for hydroxylation is 2. The summed E-state index contributed by atoms with van der Waals surface area (Å²) in [6.07, 6.45) is 7.58. The molecule has 0 aromatic carbocycles. The fraction of sp³-hybridized carbons (Fsp3) is 0.438. The van der Waals surface area contributed by atoms with Gasteiger partial charge in [-0.25, -0.2) is 19.3 Å². The van der Waals surface area contributed by atoms with Crippen LogP contribution < -0.4 is 0 Å². The van der Waals surface area contributed by atoms with Gasteiger partial charge in [0.1, 0.15) is 17.2 Å². The van der Waals surface area contributed by atoms with Gasteiger partial charge in [0, 0.05) is 18.3 Å². The van der Waals surface area contributed by atoms with Crippen molar-refractivity contribution >= 4 is 12.2 Å². The van der Waals surface area contributed by atoms with Gasteiger partial charge in [-0.2, -0.15) is 0 Å². The van der Waals surface area contributed by atoms with Crippen molar-refractivity contribution in [2.75, 3.05) is 0 Å². The minimum absolute atomic E-state index is 0.417. The molecular weight excluding hydrogens is 280 g/mol. The molecule has 0 unspecified atom stereocenters. The Bertz CT molecular complexity index is 689. The van der Waals surface area contributed by atoms with Crippen LogP contribution in [0.5, 0.6) is 0 Å². The molecule has 0 spiro atoms. The average molecular weight is 302 g/mol. The third kappa shape index (κ3) is 4.07. The first-order valence-corrected chi connectivity index (χ1v) is 7.21. The molecule has 0 saturated carbocycles. The maximum Gasteiger partial charge on any atom is 0.420 e. The summed E-state index contributed by atoms with van der Waals surface area (Å²) < 4.78 is 6.88. The summed E-state index contributed by atoms with van der Waals surface area (Å²) >= 11 is 0. The molecule has 0 aliphatic heterocycles. The van der Waals surface area contributed by atoms with Crippen molar-refractivity contribution in [1.29, 1.82) is 0 Å². The lowest BCUT2D eigenvalue weighted by Crippen LogP contribution is -2.28. The van der Waals surface area contributed by atoms with E-state index >= 15 is 0 Å². The molecule has 1 N–H and O–H groups in total. The lowest BCUT2D eigenvalue weighted by Gasteiger charge is -2.20. The topological polar surface area (TPSA) is 72.8 Å². The number of nitrogens with one attached hydrogen (secondary N) is 1. The monoisotopic (exact) mass is 302 g/mol. The first-order valence-electron chi connectivity index (χ1n) is 7.21. The number of imidazole rings is 2. The van der Waals surface area contributed by atoms with Crippen LogP contribution in [0.15, 0.2) is 18.5 Å². The molecule has 6 nitrogen and oxygen atoms in total. The number of ether oxygens (including phenoxy) is 1. The normalized spacial score (nSPS) is 12.0. The van der Waals surface area contributed by atoms with Crippen molar-refractivity contribution in [3.63, 3.8) is 0 Å². The van der Waals surface area contributed by atoms with Crippen molar-refractivity contribution in [3.05, 3.63) is 41.5 Å². The molecule has 6 heteroatoms. The second-order valence-electron chi connectivity index (χ2n) is 6.15. The van der Waals surface area contributed by atoms with Gasteiger partial charge in [0.25, 0.3) is 0 Å². The summed E-state index contributed by atoms with van der Waals surface area (Å²) in [4.78, 5) is 23.7.